The molecule has 0 unspecified atom stereocenters. The molecule has 0 spiro atoms. The number of nitrogens with zero attached hydrogens (tertiary/aromatic N) is 4. The van der Waals surface area contributed by atoms with Gasteiger partial charge in [-0.05, 0) is 12.2 Å². The van der Waals surface area contributed by atoms with Crippen molar-refractivity contribution < 1.29 is 0 Å². The van der Waals surface area contributed by atoms with Crippen molar-refractivity contribution in [3.8, 4) is 22.5 Å². The lowest BCUT2D eigenvalue weighted by Gasteiger charge is -2.07. The number of azo groups is 1. The van der Waals surface area contributed by atoms with E-state index in [-0.39, 0.29) is 0 Å². The van der Waals surface area contributed by atoms with Gasteiger partial charge in [0.05, 0.1) is 11.4 Å². The number of hydrogen-bond donors (Lipinski definition) is 2. The maximum absolute atomic E-state index is 5.21. The predicted octanol–water partition coefficient (Wildman–Crippen LogP) is 4.23. The van der Waals surface area contributed by atoms with Crippen molar-refractivity contribution in [3.63, 3.8) is 0 Å². The normalized spacial score (nSPS) is 12.3. The molecule has 0 saturated heterocycles. The Hall–Kier alpha value is -3.06. The molecule has 0 aliphatic carbocycles. The van der Waals surface area contributed by atoms with Gasteiger partial charge in [-0.15, -0.1) is 15.3 Å². The minimum Gasteiger partial charge on any atom is -0.286 e. The predicted molar refractivity (Wildman–Crippen MR) is 91.9 cm³/mol. The van der Waals surface area contributed by atoms with E-state index in [0.29, 0.717) is 11.1 Å². The summed E-state index contributed by atoms with van der Waals surface area (Å²) in [6, 6.07) is 20.0. The maximum atomic E-state index is 5.21. The first-order valence-corrected chi connectivity index (χ1v) is 7.45. The van der Waals surface area contributed by atoms with E-state index in [4.69, 9.17) is 12.2 Å². The molecule has 0 fully saturated rings. The summed E-state index contributed by atoms with van der Waals surface area (Å²) < 4.78 is 1.58. The van der Waals surface area contributed by atoms with Gasteiger partial charge in [0, 0.05) is 11.1 Å². The second-order valence-electron chi connectivity index (χ2n) is 4.94. The van der Waals surface area contributed by atoms with Gasteiger partial charge in [0.15, 0.2) is 0 Å². The Morgan fingerprint density at radius 1 is 0.783 bits per heavy atom. The van der Waals surface area contributed by atoms with Crippen LogP contribution in [-0.4, -0.2) is 25.1 Å². The molecule has 23 heavy (non-hydrogen) atoms. The van der Waals surface area contributed by atoms with Crippen molar-refractivity contribution in [1.29, 1.82) is 0 Å². The van der Waals surface area contributed by atoms with Gasteiger partial charge in [0.1, 0.15) is 0 Å². The van der Waals surface area contributed by atoms with Crippen molar-refractivity contribution in [1.82, 2.24) is 20.0 Å². The van der Waals surface area contributed by atoms with Crippen LogP contribution >= 0.6 is 12.2 Å². The van der Waals surface area contributed by atoms with Gasteiger partial charge in [-0.2, -0.15) is 4.68 Å². The minimum atomic E-state index is 0.327. The number of aromatic nitrogens is 4. The van der Waals surface area contributed by atoms with Crippen LogP contribution in [0.5, 0.6) is 0 Å². The topological polar surface area (TPSA) is 74.1 Å². The molecule has 7 heteroatoms. The van der Waals surface area contributed by atoms with E-state index >= 15 is 0 Å². The van der Waals surface area contributed by atoms with E-state index in [1.54, 1.807) is 4.68 Å². The molecule has 0 atom stereocenters. The molecule has 3 aromatic rings. The molecule has 4 rings (SSSR count). The molecule has 1 aliphatic heterocycles. The van der Waals surface area contributed by atoms with E-state index in [1.807, 2.05) is 60.7 Å². The molecule has 2 heterocycles. The molecule has 6 nitrogen and oxygen atoms in total. The second-order valence-corrected chi connectivity index (χ2v) is 5.30. The van der Waals surface area contributed by atoms with E-state index in [1.165, 1.54) is 0 Å². The number of fused-ring (bicyclic) bond motifs is 1. The summed E-state index contributed by atoms with van der Waals surface area (Å²) in [5.74, 6) is 0.384. The minimum absolute atomic E-state index is 0.327. The zero-order valence-corrected chi connectivity index (χ0v) is 12.8. The van der Waals surface area contributed by atoms with Crippen LogP contribution in [0.4, 0.5) is 5.95 Å². The van der Waals surface area contributed by atoms with Crippen LogP contribution < -0.4 is 0 Å². The van der Waals surface area contributed by atoms with Crippen molar-refractivity contribution in [3.05, 3.63) is 60.7 Å². The Morgan fingerprint density at radius 2 is 1.39 bits per heavy atom. The monoisotopic (exact) mass is 320 g/mol. The molecule has 2 N–H and O–H groups in total. The smallest absolute Gasteiger partial charge is 0.286 e. The fourth-order valence-electron chi connectivity index (χ4n) is 2.39. The summed E-state index contributed by atoms with van der Waals surface area (Å²) in [4.78, 5) is 0. The highest BCUT2D eigenvalue weighted by molar-refractivity contribution is 7.80. The first-order valence-electron chi connectivity index (χ1n) is 7.04. The quantitative estimate of drug-likeness (QED) is 0.693. The number of aromatic amines is 2. The standard InChI is InChI=1S/C16H12N6S/c23-16-20-19-15-18-17-13(11-7-3-1-4-8-11)14(21-22(15)16)12-9-5-2-6-10-12/h1-10,17,21H. The summed E-state index contributed by atoms with van der Waals surface area (Å²) in [6.07, 6.45) is 0. The van der Waals surface area contributed by atoms with Gasteiger partial charge in [-0.1, -0.05) is 60.7 Å². The summed E-state index contributed by atoms with van der Waals surface area (Å²) in [5, 5.41) is 18.8. The van der Waals surface area contributed by atoms with Gasteiger partial charge >= 0.3 is 0 Å². The van der Waals surface area contributed by atoms with Crippen molar-refractivity contribution in [2.24, 2.45) is 10.2 Å². The molecule has 1 aromatic heterocycles. The van der Waals surface area contributed by atoms with Crippen LogP contribution in [0.25, 0.3) is 22.5 Å². The Balaban J connectivity index is 2.04. The Morgan fingerprint density at radius 3 is 2.04 bits per heavy atom. The maximum Gasteiger partial charge on any atom is 0.287 e. The van der Waals surface area contributed by atoms with Gasteiger partial charge in [0.2, 0.25) is 5.11 Å². The molecule has 0 amide bonds. The SMILES string of the molecule is S=C1N=Nc2n[nH]c(-c3ccccc3)c(-c3ccccc3)[nH]n21. The number of nitrogens with one attached hydrogen (secondary N) is 2. The fourth-order valence-corrected chi connectivity index (χ4v) is 2.56. The number of hydrogen-bond acceptors (Lipinski definition) is 3. The van der Waals surface area contributed by atoms with Crippen LogP contribution in [0, 0.1) is 0 Å². The number of benzene rings is 2. The lowest BCUT2D eigenvalue weighted by Crippen LogP contribution is -2.06. The third-order valence-electron chi connectivity index (χ3n) is 3.48. The van der Waals surface area contributed by atoms with E-state index in [2.05, 4.69) is 25.5 Å². The molecule has 112 valence electrons. The van der Waals surface area contributed by atoms with Crippen LogP contribution in [0.1, 0.15) is 0 Å². The molecule has 0 radical (unpaired) electrons. The lowest BCUT2D eigenvalue weighted by atomic mass is 10.1. The average molecular weight is 320 g/mol. The number of thiocarbonyl (C=S) groups is 1. The van der Waals surface area contributed by atoms with E-state index in [0.717, 1.165) is 22.5 Å². The summed E-state index contributed by atoms with van der Waals surface area (Å²) in [6.45, 7) is 0. The molecular weight excluding hydrogens is 308 g/mol. The van der Waals surface area contributed by atoms with E-state index in [9.17, 15) is 0 Å². The molecule has 0 bridgehead atoms. The first kappa shape index (κ1) is 13.6. The molecule has 0 saturated carbocycles. The van der Waals surface area contributed by atoms with E-state index < -0.39 is 0 Å². The van der Waals surface area contributed by atoms with Crippen LogP contribution in [-0.2, 0) is 0 Å². The summed E-state index contributed by atoms with van der Waals surface area (Å²) >= 11 is 5.21. The van der Waals surface area contributed by atoms with Gasteiger partial charge in [0.25, 0.3) is 5.95 Å². The molecule has 1 aliphatic rings. The number of H-pyrrole nitrogens is 2. The Bertz CT molecular complexity index is 932. The van der Waals surface area contributed by atoms with Crippen molar-refractivity contribution in [2.75, 3.05) is 0 Å². The van der Waals surface area contributed by atoms with Crippen LogP contribution in [0.3, 0.4) is 0 Å². The zero-order valence-electron chi connectivity index (χ0n) is 12.0. The highest BCUT2D eigenvalue weighted by Gasteiger charge is 2.16. The summed E-state index contributed by atoms with van der Waals surface area (Å²) in [7, 11) is 0. The van der Waals surface area contributed by atoms with Gasteiger partial charge in [-0.25, -0.2) is 0 Å². The third-order valence-corrected chi connectivity index (χ3v) is 3.75. The van der Waals surface area contributed by atoms with Crippen molar-refractivity contribution in [2.45, 2.75) is 0 Å². The van der Waals surface area contributed by atoms with Crippen LogP contribution in [0.2, 0.25) is 0 Å². The summed E-state index contributed by atoms with van der Waals surface area (Å²) in [5.41, 5.74) is 3.71. The van der Waals surface area contributed by atoms with Crippen LogP contribution in [0.15, 0.2) is 70.9 Å². The average Bonchev–Trinajstić information content (AvgIpc) is 2.84. The third kappa shape index (κ3) is 2.47. The fraction of sp³-hybridized carbons (Fsp3) is 0. The van der Waals surface area contributed by atoms with Gasteiger partial charge in [-0.3, -0.25) is 10.2 Å². The second kappa shape index (κ2) is 5.62. The largest absolute Gasteiger partial charge is 0.287 e. The Kier molecular flexibility index (Phi) is 3.32. The van der Waals surface area contributed by atoms with Crippen molar-refractivity contribution >= 4 is 23.3 Å². The molecular formula is C16H12N6S. The molecule has 2 aromatic carbocycles. The first-order chi connectivity index (χ1) is 11.3. The highest BCUT2D eigenvalue weighted by Crippen LogP contribution is 2.28. The number of rotatable bonds is 2. The van der Waals surface area contributed by atoms with Gasteiger partial charge < -0.3 is 0 Å². The Labute approximate surface area is 137 Å². The zero-order chi connectivity index (χ0) is 15.6. The lowest BCUT2D eigenvalue weighted by molar-refractivity contribution is 0.906. The highest BCUT2D eigenvalue weighted by atomic mass is 32.1.